The Hall–Kier alpha value is -2.77. The van der Waals surface area contributed by atoms with Crippen molar-refractivity contribution in [1.29, 1.82) is 0 Å². The first-order valence-electron chi connectivity index (χ1n) is 8.69. The van der Waals surface area contributed by atoms with Gasteiger partial charge in [0.25, 0.3) is 0 Å². The highest BCUT2D eigenvalue weighted by molar-refractivity contribution is 6.83. The molecule has 0 aliphatic rings. The van der Waals surface area contributed by atoms with Gasteiger partial charge in [-0.3, -0.25) is 0 Å². The van der Waals surface area contributed by atoms with E-state index in [0.717, 1.165) is 28.1 Å². The third-order valence-corrected chi connectivity index (χ3v) is 4.76. The minimum Gasteiger partial charge on any atom is -0.436 e. The second kappa shape index (κ2) is 7.23. The molecule has 0 N–H and O–H groups in total. The second-order valence-electron chi connectivity index (χ2n) is 7.55. The molecule has 0 unspecified atom stereocenters. The normalized spacial score (nSPS) is 11.0. The summed E-state index contributed by atoms with van der Waals surface area (Å²) in [6.07, 6.45) is 1.78. The Morgan fingerprint density at radius 1 is 0.885 bits per heavy atom. The maximum absolute atomic E-state index is 5.96. The van der Waals surface area contributed by atoms with Gasteiger partial charge in [0.1, 0.15) is 8.07 Å². The molecule has 3 nitrogen and oxygen atoms in total. The van der Waals surface area contributed by atoms with Crippen molar-refractivity contribution >= 4 is 13.8 Å². The third-order valence-electron chi connectivity index (χ3n) is 3.89. The Labute approximate surface area is 156 Å². The van der Waals surface area contributed by atoms with Gasteiger partial charge in [0.15, 0.2) is 5.76 Å². The van der Waals surface area contributed by atoms with Gasteiger partial charge in [-0.1, -0.05) is 25.6 Å². The van der Waals surface area contributed by atoms with Crippen LogP contribution in [0.15, 0.2) is 59.1 Å². The van der Waals surface area contributed by atoms with E-state index in [1.807, 2.05) is 50.5 Å². The minimum absolute atomic E-state index is 0.632. The molecule has 1 aromatic heterocycles. The Balaban J connectivity index is 1.80. The second-order valence-corrected chi connectivity index (χ2v) is 12.3. The summed E-state index contributed by atoms with van der Waals surface area (Å²) >= 11 is 0. The van der Waals surface area contributed by atoms with E-state index < -0.39 is 8.07 Å². The zero-order chi connectivity index (χ0) is 18.7. The Bertz CT molecular complexity index is 937. The summed E-state index contributed by atoms with van der Waals surface area (Å²) < 4.78 is 5.96. The van der Waals surface area contributed by atoms with Crippen LogP contribution < -0.4 is 4.90 Å². The molecule has 0 atom stereocenters. The quantitative estimate of drug-likeness (QED) is 0.468. The Morgan fingerprint density at radius 3 is 2.08 bits per heavy atom. The smallest absolute Gasteiger partial charge is 0.226 e. The maximum Gasteiger partial charge on any atom is 0.226 e. The van der Waals surface area contributed by atoms with E-state index >= 15 is 0 Å². The van der Waals surface area contributed by atoms with Crippen molar-refractivity contribution in [3.8, 4) is 34.2 Å². The molecule has 0 spiro atoms. The van der Waals surface area contributed by atoms with E-state index in [4.69, 9.17) is 4.42 Å². The fraction of sp³-hybridized carbons (Fsp3) is 0.227. The van der Waals surface area contributed by atoms with Crippen LogP contribution >= 0.6 is 0 Å². The highest BCUT2D eigenvalue weighted by Crippen LogP contribution is 2.27. The molecule has 4 heteroatoms. The lowest BCUT2D eigenvalue weighted by atomic mass is 10.1. The van der Waals surface area contributed by atoms with Gasteiger partial charge in [0.2, 0.25) is 5.89 Å². The van der Waals surface area contributed by atoms with Gasteiger partial charge in [-0.25, -0.2) is 4.98 Å². The van der Waals surface area contributed by atoms with Crippen LogP contribution in [-0.2, 0) is 0 Å². The fourth-order valence-electron chi connectivity index (χ4n) is 2.42. The van der Waals surface area contributed by atoms with Gasteiger partial charge in [0, 0.05) is 36.5 Å². The van der Waals surface area contributed by atoms with Crippen LogP contribution in [0.4, 0.5) is 5.69 Å². The summed E-state index contributed by atoms with van der Waals surface area (Å²) in [5.74, 6) is 4.67. The largest absolute Gasteiger partial charge is 0.436 e. The van der Waals surface area contributed by atoms with Crippen molar-refractivity contribution in [3.05, 3.63) is 60.3 Å². The molecule has 2 aromatic carbocycles. The van der Waals surface area contributed by atoms with Gasteiger partial charge in [-0.05, 0) is 48.5 Å². The summed E-state index contributed by atoms with van der Waals surface area (Å²) in [4.78, 5) is 6.49. The summed E-state index contributed by atoms with van der Waals surface area (Å²) in [5.41, 5.74) is 7.55. The summed E-state index contributed by atoms with van der Waals surface area (Å²) in [7, 11) is 2.69. The van der Waals surface area contributed by atoms with E-state index in [1.54, 1.807) is 6.20 Å². The van der Waals surface area contributed by atoms with Gasteiger partial charge < -0.3 is 9.32 Å². The standard InChI is InChI=1S/C22H24N2OSi/c1-24(2)20-12-10-19(11-13-20)22-23-16-21(25-22)18-8-6-17(7-9-18)14-15-26(3,4)5/h6-13,16H,1-5H3. The predicted octanol–water partition coefficient (Wildman–Crippen LogP) is 5.30. The topological polar surface area (TPSA) is 29.3 Å². The molecule has 0 amide bonds. The number of anilines is 1. The molecule has 0 radical (unpaired) electrons. The highest BCUT2D eigenvalue weighted by Gasteiger charge is 2.10. The number of aromatic nitrogens is 1. The molecule has 0 saturated carbocycles. The van der Waals surface area contributed by atoms with E-state index in [0.29, 0.717) is 5.89 Å². The minimum atomic E-state index is -1.36. The first-order valence-corrected chi connectivity index (χ1v) is 12.2. The van der Waals surface area contributed by atoms with Gasteiger partial charge in [-0.15, -0.1) is 5.54 Å². The number of benzene rings is 2. The molecule has 3 rings (SSSR count). The van der Waals surface area contributed by atoms with Crippen LogP contribution in [0.25, 0.3) is 22.8 Å². The molecule has 0 bridgehead atoms. The maximum atomic E-state index is 5.96. The average molecular weight is 361 g/mol. The molecular weight excluding hydrogens is 336 g/mol. The summed E-state index contributed by atoms with van der Waals surface area (Å²) in [6, 6.07) is 16.3. The van der Waals surface area contributed by atoms with Crippen LogP contribution in [-0.4, -0.2) is 27.2 Å². The van der Waals surface area contributed by atoms with E-state index in [9.17, 15) is 0 Å². The number of hydrogen-bond acceptors (Lipinski definition) is 3. The average Bonchev–Trinajstić information content (AvgIpc) is 3.10. The molecule has 0 fully saturated rings. The predicted molar refractivity (Wildman–Crippen MR) is 112 cm³/mol. The van der Waals surface area contributed by atoms with Crippen LogP contribution in [0.3, 0.4) is 0 Å². The Kier molecular flexibility index (Phi) is 5.01. The van der Waals surface area contributed by atoms with Gasteiger partial charge >= 0.3 is 0 Å². The number of oxazole rings is 1. The third kappa shape index (κ3) is 4.44. The molecule has 0 aliphatic carbocycles. The molecule has 132 valence electrons. The SMILES string of the molecule is CN(C)c1ccc(-c2ncc(-c3ccc(C#C[Si](C)(C)C)cc3)o2)cc1. The molecule has 1 heterocycles. The molecule has 26 heavy (non-hydrogen) atoms. The van der Waals surface area contributed by atoms with Crippen molar-refractivity contribution in [1.82, 2.24) is 4.98 Å². The van der Waals surface area contributed by atoms with E-state index in [-0.39, 0.29) is 0 Å². The summed E-state index contributed by atoms with van der Waals surface area (Å²) in [6.45, 7) is 6.74. The number of hydrogen-bond donors (Lipinski definition) is 0. The monoisotopic (exact) mass is 360 g/mol. The van der Waals surface area contributed by atoms with Crippen molar-refractivity contribution in [2.45, 2.75) is 19.6 Å². The van der Waals surface area contributed by atoms with Crippen LogP contribution in [0.2, 0.25) is 19.6 Å². The van der Waals surface area contributed by atoms with Crippen molar-refractivity contribution in [3.63, 3.8) is 0 Å². The van der Waals surface area contributed by atoms with Crippen molar-refractivity contribution in [2.75, 3.05) is 19.0 Å². The lowest BCUT2D eigenvalue weighted by Crippen LogP contribution is -2.16. The molecule has 0 aliphatic heterocycles. The van der Waals surface area contributed by atoms with Gasteiger partial charge in [-0.2, -0.15) is 0 Å². The number of nitrogens with zero attached hydrogens (tertiary/aromatic N) is 2. The summed E-state index contributed by atoms with van der Waals surface area (Å²) in [5, 5.41) is 0. The molecule has 3 aromatic rings. The lowest BCUT2D eigenvalue weighted by Gasteiger charge is -2.11. The van der Waals surface area contributed by atoms with Crippen LogP contribution in [0.5, 0.6) is 0 Å². The molecular formula is C22H24N2OSi. The van der Waals surface area contributed by atoms with Crippen molar-refractivity contribution < 1.29 is 4.42 Å². The van der Waals surface area contributed by atoms with Gasteiger partial charge in [0.05, 0.1) is 6.20 Å². The lowest BCUT2D eigenvalue weighted by molar-refractivity contribution is 0.589. The first kappa shape index (κ1) is 18.0. The van der Waals surface area contributed by atoms with E-state index in [2.05, 4.69) is 53.1 Å². The first-order chi connectivity index (χ1) is 12.3. The van der Waals surface area contributed by atoms with Crippen LogP contribution in [0.1, 0.15) is 5.56 Å². The number of rotatable bonds is 3. The fourth-order valence-corrected chi connectivity index (χ4v) is 2.94. The van der Waals surface area contributed by atoms with Crippen LogP contribution in [0, 0.1) is 11.5 Å². The zero-order valence-corrected chi connectivity index (χ0v) is 17.0. The Morgan fingerprint density at radius 2 is 1.50 bits per heavy atom. The van der Waals surface area contributed by atoms with E-state index in [1.165, 1.54) is 0 Å². The van der Waals surface area contributed by atoms with Crippen molar-refractivity contribution in [2.24, 2.45) is 0 Å². The molecule has 0 saturated heterocycles. The highest BCUT2D eigenvalue weighted by atomic mass is 28.3. The zero-order valence-electron chi connectivity index (χ0n) is 16.0.